The Morgan fingerprint density at radius 1 is 1.08 bits per heavy atom. The number of carbonyl (C=O) groups excluding carboxylic acids is 1. The minimum absolute atomic E-state index is 0.0563. The molecule has 1 aliphatic heterocycles. The highest BCUT2D eigenvalue weighted by atomic mass is 32.1. The lowest BCUT2D eigenvalue weighted by Crippen LogP contribution is -2.49. The Kier molecular flexibility index (Phi) is 6.62. The summed E-state index contributed by atoms with van der Waals surface area (Å²) in [7, 11) is 0. The highest BCUT2D eigenvalue weighted by Crippen LogP contribution is 2.12. The van der Waals surface area contributed by atoms with Crippen molar-refractivity contribution in [3.63, 3.8) is 0 Å². The number of carbonyl (C=O) groups is 1. The maximum absolute atomic E-state index is 12.3. The molecular weight excluding hydrogens is 330 g/mol. The maximum Gasteiger partial charge on any atom is 0.234 e. The SMILES string of the molecule is CC(NC(=O)CN1CCN(CCc2cccs2)CC1)c1ccccc1. The van der Waals surface area contributed by atoms with Gasteiger partial charge in [0.2, 0.25) is 5.91 Å². The van der Waals surface area contributed by atoms with E-state index in [2.05, 4.69) is 44.8 Å². The van der Waals surface area contributed by atoms with E-state index in [-0.39, 0.29) is 11.9 Å². The number of hydrogen-bond donors (Lipinski definition) is 1. The molecule has 2 aromatic rings. The smallest absolute Gasteiger partial charge is 0.234 e. The molecule has 134 valence electrons. The largest absolute Gasteiger partial charge is 0.348 e. The first-order valence-corrected chi connectivity index (χ1v) is 9.90. The van der Waals surface area contributed by atoms with E-state index in [9.17, 15) is 4.79 Å². The third-order valence-electron chi connectivity index (χ3n) is 4.76. The van der Waals surface area contributed by atoms with Gasteiger partial charge in [0.25, 0.3) is 0 Å². The summed E-state index contributed by atoms with van der Waals surface area (Å²) in [4.78, 5) is 18.5. The summed E-state index contributed by atoms with van der Waals surface area (Å²) in [5.74, 6) is 0.114. The van der Waals surface area contributed by atoms with Crippen LogP contribution < -0.4 is 5.32 Å². The summed E-state index contributed by atoms with van der Waals surface area (Å²) in [6.07, 6.45) is 1.13. The van der Waals surface area contributed by atoms with Crippen LogP contribution in [0.1, 0.15) is 23.4 Å². The zero-order valence-corrected chi connectivity index (χ0v) is 15.7. The normalized spacial score (nSPS) is 17.3. The molecule has 1 aliphatic rings. The molecule has 1 aromatic heterocycles. The van der Waals surface area contributed by atoms with Crippen LogP contribution in [0, 0.1) is 0 Å². The van der Waals surface area contributed by atoms with Crippen LogP contribution >= 0.6 is 11.3 Å². The Balaban J connectivity index is 1.36. The first-order chi connectivity index (χ1) is 12.2. The summed E-state index contributed by atoms with van der Waals surface area (Å²) < 4.78 is 0. The quantitative estimate of drug-likeness (QED) is 0.828. The molecule has 0 spiro atoms. The molecule has 3 rings (SSSR count). The van der Waals surface area contributed by atoms with Gasteiger partial charge < -0.3 is 10.2 Å². The van der Waals surface area contributed by atoms with Crippen molar-refractivity contribution in [1.82, 2.24) is 15.1 Å². The van der Waals surface area contributed by atoms with E-state index in [1.165, 1.54) is 4.88 Å². The van der Waals surface area contributed by atoms with Crippen molar-refractivity contribution < 1.29 is 4.79 Å². The van der Waals surface area contributed by atoms with Crippen molar-refractivity contribution in [1.29, 1.82) is 0 Å². The maximum atomic E-state index is 12.3. The Morgan fingerprint density at radius 2 is 1.80 bits per heavy atom. The van der Waals surface area contributed by atoms with E-state index in [0.29, 0.717) is 6.54 Å². The van der Waals surface area contributed by atoms with Crippen molar-refractivity contribution in [2.75, 3.05) is 39.3 Å². The molecule has 0 radical (unpaired) electrons. The minimum atomic E-state index is 0.0563. The topological polar surface area (TPSA) is 35.6 Å². The molecule has 0 saturated carbocycles. The lowest BCUT2D eigenvalue weighted by molar-refractivity contribution is -0.123. The predicted octanol–water partition coefficient (Wildman–Crippen LogP) is 2.79. The fourth-order valence-corrected chi connectivity index (χ4v) is 3.91. The highest BCUT2D eigenvalue weighted by Gasteiger charge is 2.19. The minimum Gasteiger partial charge on any atom is -0.348 e. The van der Waals surface area contributed by atoms with E-state index < -0.39 is 0 Å². The number of hydrogen-bond acceptors (Lipinski definition) is 4. The Hall–Kier alpha value is -1.69. The number of piperazine rings is 1. The van der Waals surface area contributed by atoms with Crippen LogP contribution in [0.4, 0.5) is 0 Å². The number of nitrogens with one attached hydrogen (secondary N) is 1. The van der Waals surface area contributed by atoms with E-state index in [0.717, 1.165) is 44.7 Å². The monoisotopic (exact) mass is 357 g/mol. The molecule has 1 unspecified atom stereocenters. The third kappa shape index (κ3) is 5.66. The predicted molar refractivity (Wildman–Crippen MR) is 104 cm³/mol. The summed E-state index contributed by atoms with van der Waals surface area (Å²) in [5, 5.41) is 5.25. The number of nitrogens with zero attached hydrogens (tertiary/aromatic N) is 2. The summed E-state index contributed by atoms with van der Waals surface area (Å²) >= 11 is 1.83. The number of benzene rings is 1. The molecule has 1 saturated heterocycles. The van der Waals surface area contributed by atoms with Crippen molar-refractivity contribution >= 4 is 17.2 Å². The second-order valence-electron chi connectivity index (χ2n) is 6.65. The van der Waals surface area contributed by atoms with Crippen LogP contribution in [0.5, 0.6) is 0 Å². The van der Waals surface area contributed by atoms with E-state index in [4.69, 9.17) is 0 Å². The average molecular weight is 358 g/mol. The molecule has 25 heavy (non-hydrogen) atoms. The standard InChI is InChI=1S/C20H27N3OS/c1-17(18-6-3-2-4-7-18)21-20(24)16-23-13-11-22(12-14-23)10-9-19-8-5-15-25-19/h2-8,15,17H,9-14,16H2,1H3,(H,21,24). The molecule has 1 atom stereocenters. The first-order valence-electron chi connectivity index (χ1n) is 9.02. The summed E-state index contributed by atoms with van der Waals surface area (Å²) in [5.41, 5.74) is 1.15. The second kappa shape index (κ2) is 9.13. The lowest BCUT2D eigenvalue weighted by atomic mass is 10.1. The Labute approximate surface area is 154 Å². The average Bonchev–Trinajstić information content (AvgIpc) is 3.15. The fourth-order valence-electron chi connectivity index (χ4n) is 3.21. The Morgan fingerprint density at radius 3 is 2.48 bits per heavy atom. The van der Waals surface area contributed by atoms with Crippen molar-refractivity contribution in [2.45, 2.75) is 19.4 Å². The molecule has 2 heterocycles. The molecule has 5 heteroatoms. The van der Waals surface area contributed by atoms with Gasteiger partial charge in [-0.2, -0.15) is 0 Å². The second-order valence-corrected chi connectivity index (χ2v) is 7.68. The van der Waals surface area contributed by atoms with Gasteiger partial charge in [0.1, 0.15) is 0 Å². The van der Waals surface area contributed by atoms with Gasteiger partial charge in [0.15, 0.2) is 0 Å². The molecule has 0 aliphatic carbocycles. The number of thiophene rings is 1. The van der Waals surface area contributed by atoms with Crippen molar-refractivity contribution in [2.24, 2.45) is 0 Å². The third-order valence-corrected chi connectivity index (χ3v) is 5.70. The summed E-state index contributed by atoms with van der Waals surface area (Å²) in [6.45, 7) is 7.69. The zero-order chi connectivity index (χ0) is 17.5. The van der Waals surface area contributed by atoms with E-state index in [1.807, 2.05) is 36.5 Å². The van der Waals surface area contributed by atoms with Crippen LogP contribution in [0.25, 0.3) is 0 Å². The highest BCUT2D eigenvalue weighted by molar-refractivity contribution is 7.09. The number of rotatable bonds is 7. The van der Waals surface area contributed by atoms with Crippen LogP contribution in [-0.2, 0) is 11.2 Å². The van der Waals surface area contributed by atoms with Gasteiger partial charge in [-0.3, -0.25) is 9.69 Å². The fraction of sp³-hybridized carbons (Fsp3) is 0.450. The zero-order valence-electron chi connectivity index (χ0n) is 14.9. The van der Waals surface area contributed by atoms with Crippen LogP contribution in [0.15, 0.2) is 47.8 Å². The molecule has 1 fully saturated rings. The Bertz CT molecular complexity index is 636. The van der Waals surface area contributed by atoms with Crippen molar-refractivity contribution in [3.8, 4) is 0 Å². The first kappa shape index (κ1) is 18.1. The van der Waals surface area contributed by atoms with E-state index >= 15 is 0 Å². The van der Waals surface area contributed by atoms with Gasteiger partial charge in [-0.1, -0.05) is 36.4 Å². The van der Waals surface area contributed by atoms with Gasteiger partial charge in [-0.15, -0.1) is 11.3 Å². The van der Waals surface area contributed by atoms with Crippen LogP contribution in [0.2, 0.25) is 0 Å². The van der Waals surface area contributed by atoms with Gasteiger partial charge in [0.05, 0.1) is 12.6 Å². The molecule has 1 aromatic carbocycles. The van der Waals surface area contributed by atoms with Crippen LogP contribution in [-0.4, -0.2) is 55.0 Å². The van der Waals surface area contributed by atoms with Crippen LogP contribution in [0.3, 0.4) is 0 Å². The molecule has 4 nitrogen and oxygen atoms in total. The van der Waals surface area contributed by atoms with Gasteiger partial charge in [-0.25, -0.2) is 0 Å². The molecular formula is C20H27N3OS. The van der Waals surface area contributed by atoms with Gasteiger partial charge >= 0.3 is 0 Å². The molecule has 1 amide bonds. The van der Waals surface area contributed by atoms with Gasteiger partial charge in [-0.05, 0) is 30.4 Å². The van der Waals surface area contributed by atoms with E-state index in [1.54, 1.807) is 0 Å². The summed E-state index contributed by atoms with van der Waals surface area (Å²) in [6, 6.07) is 14.5. The number of amides is 1. The molecule has 0 bridgehead atoms. The van der Waals surface area contributed by atoms with Gasteiger partial charge in [0, 0.05) is 37.6 Å². The van der Waals surface area contributed by atoms with Crippen molar-refractivity contribution in [3.05, 3.63) is 58.3 Å². The molecule has 1 N–H and O–H groups in total. The lowest BCUT2D eigenvalue weighted by Gasteiger charge is -2.34.